The molecular weight excluding hydrogens is 323 g/mol. The minimum Gasteiger partial charge on any atom is -0.355 e. The first kappa shape index (κ1) is 17.2. The average molecular weight is 339 g/mol. The number of rotatable bonds is 5. The third-order valence-corrected chi connectivity index (χ3v) is 4.83. The number of hydrogen-bond acceptors (Lipinski definition) is 4. The maximum absolute atomic E-state index is 12.0. The van der Waals surface area contributed by atoms with Crippen molar-refractivity contribution in [3.8, 4) is 0 Å². The van der Waals surface area contributed by atoms with Crippen LogP contribution in [0.25, 0.3) is 0 Å². The van der Waals surface area contributed by atoms with Gasteiger partial charge in [-0.1, -0.05) is 11.6 Å². The quantitative estimate of drug-likeness (QED) is 0.835. The lowest BCUT2D eigenvalue weighted by atomic mass is 10.0. The van der Waals surface area contributed by atoms with Gasteiger partial charge in [0, 0.05) is 30.6 Å². The lowest BCUT2D eigenvalue weighted by Gasteiger charge is -2.27. The summed E-state index contributed by atoms with van der Waals surface area (Å²) in [5.74, 6) is -0.599. The summed E-state index contributed by atoms with van der Waals surface area (Å²) in [7, 11) is -3.60. The van der Waals surface area contributed by atoms with Crippen molar-refractivity contribution in [2.75, 3.05) is 25.4 Å². The molecular formula is C12H16Cl2N2O3S. The molecule has 112 valence electrons. The van der Waals surface area contributed by atoms with Crippen molar-refractivity contribution < 1.29 is 13.2 Å². The third kappa shape index (κ3) is 4.63. The number of carbonyl (C=O) groups excluding carboxylic acids is 1. The van der Waals surface area contributed by atoms with Gasteiger partial charge in [-0.25, -0.2) is 8.42 Å². The number of benzene rings is 1. The fraction of sp³-hybridized carbons (Fsp3) is 0.417. The molecule has 5 nitrogen and oxygen atoms in total. The molecule has 1 amide bonds. The molecule has 0 aliphatic carbocycles. The van der Waals surface area contributed by atoms with Crippen molar-refractivity contribution in [3.05, 3.63) is 29.3 Å². The first-order chi connectivity index (χ1) is 8.97. The predicted molar refractivity (Wildman–Crippen MR) is 80.1 cm³/mol. The van der Waals surface area contributed by atoms with Crippen molar-refractivity contribution in [2.45, 2.75) is 4.90 Å². The van der Waals surface area contributed by atoms with Crippen LogP contribution in [0.1, 0.15) is 0 Å². The zero-order valence-corrected chi connectivity index (χ0v) is 13.0. The number of sulfone groups is 1. The highest BCUT2D eigenvalue weighted by Crippen LogP contribution is 2.15. The van der Waals surface area contributed by atoms with E-state index >= 15 is 0 Å². The van der Waals surface area contributed by atoms with Gasteiger partial charge in [0.2, 0.25) is 5.91 Å². The summed E-state index contributed by atoms with van der Waals surface area (Å²) in [5, 5.41) is 6.18. The van der Waals surface area contributed by atoms with Crippen LogP contribution < -0.4 is 10.6 Å². The van der Waals surface area contributed by atoms with Crippen molar-refractivity contribution in [2.24, 2.45) is 5.92 Å². The first-order valence-corrected chi connectivity index (χ1v) is 7.96. The zero-order chi connectivity index (χ0) is 13.9. The highest BCUT2D eigenvalue weighted by Gasteiger charge is 2.21. The number of amides is 1. The Kier molecular flexibility index (Phi) is 6.26. The number of nitrogens with one attached hydrogen (secondary N) is 2. The lowest BCUT2D eigenvalue weighted by Crippen LogP contribution is -2.48. The molecule has 0 saturated carbocycles. The summed E-state index contributed by atoms with van der Waals surface area (Å²) in [5.41, 5.74) is 0. The normalized spacial score (nSPS) is 15.1. The fourth-order valence-corrected chi connectivity index (χ4v) is 2.99. The van der Waals surface area contributed by atoms with Gasteiger partial charge in [-0.3, -0.25) is 4.79 Å². The van der Waals surface area contributed by atoms with Crippen molar-refractivity contribution in [1.29, 1.82) is 0 Å². The van der Waals surface area contributed by atoms with E-state index in [2.05, 4.69) is 10.6 Å². The van der Waals surface area contributed by atoms with Gasteiger partial charge in [-0.05, 0) is 24.3 Å². The zero-order valence-electron chi connectivity index (χ0n) is 10.6. The molecule has 0 spiro atoms. The lowest BCUT2D eigenvalue weighted by molar-refractivity contribution is -0.118. The van der Waals surface area contributed by atoms with Crippen LogP contribution in [0, 0.1) is 5.92 Å². The Hall–Kier alpha value is -0.820. The van der Waals surface area contributed by atoms with Crippen molar-refractivity contribution >= 4 is 39.8 Å². The Morgan fingerprint density at radius 3 is 2.40 bits per heavy atom. The smallest absolute Gasteiger partial charge is 0.235 e. The van der Waals surface area contributed by atoms with Gasteiger partial charge in [0.15, 0.2) is 9.84 Å². The molecule has 1 aliphatic rings. The van der Waals surface area contributed by atoms with Crippen LogP contribution in [-0.2, 0) is 14.6 Å². The van der Waals surface area contributed by atoms with E-state index in [9.17, 15) is 13.2 Å². The number of halogens is 2. The molecule has 2 rings (SSSR count). The van der Waals surface area contributed by atoms with E-state index in [-0.39, 0.29) is 17.3 Å². The van der Waals surface area contributed by atoms with E-state index in [1.54, 1.807) is 0 Å². The van der Waals surface area contributed by atoms with Gasteiger partial charge >= 0.3 is 0 Å². The molecule has 0 radical (unpaired) electrons. The van der Waals surface area contributed by atoms with Crippen LogP contribution in [0.2, 0.25) is 5.02 Å². The van der Waals surface area contributed by atoms with Gasteiger partial charge in [0.1, 0.15) is 5.75 Å². The Morgan fingerprint density at radius 1 is 1.30 bits per heavy atom. The molecule has 1 aromatic carbocycles. The highest BCUT2D eigenvalue weighted by molar-refractivity contribution is 7.92. The maximum Gasteiger partial charge on any atom is 0.235 e. The minimum atomic E-state index is -3.60. The van der Waals surface area contributed by atoms with Gasteiger partial charge in [0.05, 0.1) is 4.90 Å². The van der Waals surface area contributed by atoms with E-state index in [4.69, 9.17) is 11.6 Å². The molecule has 1 saturated heterocycles. The summed E-state index contributed by atoms with van der Waals surface area (Å²) in [6.07, 6.45) is 0. The monoisotopic (exact) mass is 338 g/mol. The topological polar surface area (TPSA) is 75.3 Å². The third-order valence-electron chi connectivity index (χ3n) is 2.95. The minimum absolute atomic E-state index is 0. The summed E-state index contributed by atoms with van der Waals surface area (Å²) >= 11 is 5.69. The standard InChI is InChI=1S/C12H15ClN2O3S.ClH/c13-10-1-3-11(4-2-10)19(17,18)8-12(16)15-7-9-5-14-6-9;/h1-4,9,14H,5-8H2,(H,15,16);1H. The van der Waals surface area contributed by atoms with E-state index in [0.29, 0.717) is 17.5 Å². The van der Waals surface area contributed by atoms with Gasteiger partial charge < -0.3 is 10.6 Å². The van der Waals surface area contributed by atoms with Crippen LogP contribution in [0.3, 0.4) is 0 Å². The van der Waals surface area contributed by atoms with Crippen molar-refractivity contribution in [1.82, 2.24) is 10.6 Å². The second-order valence-electron chi connectivity index (χ2n) is 4.54. The molecule has 8 heteroatoms. The SMILES string of the molecule is Cl.O=C(CS(=O)(=O)c1ccc(Cl)cc1)NCC1CNC1. The molecule has 1 heterocycles. The molecule has 1 aliphatic heterocycles. The molecule has 1 aromatic rings. The van der Waals surface area contributed by atoms with Crippen LogP contribution in [0.5, 0.6) is 0 Å². The van der Waals surface area contributed by atoms with Gasteiger partial charge in [-0.2, -0.15) is 0 Å². The second-order valence-corrected chi connectivity index (χ2v) is 6.97. The average Bonchev–Trinajstić information content (AvgIpc) is 2.26. The second kappa shape index (κ2) is 7.26. The van der Waals surface area contributed by atoms with Crippen LogP contribution in [0.15, 0.2) is 29.2 Å². The number of carbonyl (C=O) groups is 1. The van der Waals surface area contributed by atoms with E-state index in [1.807, 2.05) is 0 Å². The molecule has 0 aromatic heterocycles. The Balaban J connectivity index is 0.00000200. The van der Waals surface area contributed by atoms with E-state index in [0.717, 1.165) is 13.1 Å². The predicted octanol–water partition coefficient (Wildman–Crippen LogP) is 0.871. The van der Waals surface area contributed by atoms with Crippen LogP contribution in [-0.4, -0.2) is 39.7 Å². The van der Waals surface area contributed by atoms with Gasteiger partial charge in [-0.15, -0.1) is 12.4 Å². The molecule has 1 fully saturated rings. The molecule has 2 N–H and O–H groups in total. The van der Waals surface area contributed by atoms with E-state index in [1.165, 1.54) is 24.3 Å². The highest BCUT2D eigenvalue weighted by atomic mass is 35.5. The van der Waals surface area contributed by atoms with Crippen molar-refractivity contribution in [3.63, 3.8) is 0 Å². The van der Waals surface area contributed by atoms with Gasteiger partial charge in [0.25, 0.3) is 0 Å². The summed E-state index contributed by atoms with van der Waals surface area (Å²) < 4.78 is 23.9. The molecule has 0 bridgehead atoms. The molecule has 20 heavy (non-hydrogen) atoms. The molecule has 0 atom stereocenters. The van der Waals surface area contributed by atoms with Crippen LogP contribution >= 0.6 is 24.0 Å². The Morgan fingerprint density at radius 2 is 1.90 bits per heavy atom. The van der Waals surface area contributed by atoms with E-state index < -0.39 is 21.5 Å². The summed E-state index contributed by atoms with van der Waals surface area (Å²) in [6.45, 7) is 2.25. The molecule has 0 unspecified atom stereocenters. The van der Waals surface area contributed by atoms with Crippen LogP contribution in [0.4, 0.5) is 0 Å². The fourth-order valence-electron chi connectivity index (χ4n) is 1.70. The summed E-state index contributed by atoms with van der Waals surface area (Å²) in [4.78, 5) is 11.7. The first-order valence-electron chi connectivity index (χ1n) is 5.93. The summed E-state index contributed by atoms with van der Waals surface area (Å²) in [6, 6.07) is 5.79. The Bertz CT molecular complexity index is 557. The Labute approximate surface area is 129 Å². The largest absolute Gasteiger partial charge is 0.355 e. The number of hydrogen-bond donors (Lipinski definition) is 2. The maximum atomic E-state index is 12.0.